The maximum atomic E-state index is 12.6. The van der Waals surface area contributed by atoms with Crippen molar-refractivity contribution in [2.75, 3.05) is 26.2 Å². The predicted molar refractivity (Wildman–Crippen MR) is 85.3 cm³/mol. The lowest BCUT2D eigenvalue weighted by atomic mass is 10.2. The van der Waals surface area contributed by atoms with Crippen molar-refractivity contribution in [1.82, 2.24) is 24.2 Å². The van der Waals surface area contributed by atoms with Gasteiger partial charge in [0.25, 0.3) is 10.0 Å². The molecule has 1 unspecified atom stereocenters. The lowest BCUT2D eigenvalue weighted by Crippen LogP contribution is -2.54. The van der Waals surface area contributed by atoms with Crippen molar-refractivity contribution in [3.8, 4) is 0 Å². The third kappa shape index (κ3) is 3.26. The molecular weight excluding hydrogens is 380 g/mol. The summed E-state index contributed by atoms with van der Waals surface area (Å²) in [5.41, 5.74) is 5.64. The zero-order chi connectivity index (χ0) is 15.8. The van der Waals surface area contributed by atoms with Gasteiger partial charge in [-0.05, 0) is 22.9 Å². The van der Waals surface area contributed by atoms with Gasteiger partial charge in [-0.25, -0.2) is 13.1 Å². The number of rotatable bonds is 4. The maximum Gasteiger partial charge on any atom is 0.263 e. The first-order valence-corrected chi connectivity index (χ1v) is 8.98. The van der Waals surface area contributed by atoms with Gasteiger partial charge >= 0.3 is 0 Å². The second-order valence-electron chi connectivity index (χ2n) is 4.83. The van der Waals surface area contributed by atoms with Gasteiger partial charge in [0.2, 0.25) is 5.03 Å². The fourth-order valence-corrected chi connectivity index (χ4v) is 4.83. The van der Waals surface area contributed by atoms with Crippen molar-refractivity contribution in [3.63, 3.8) is 0 Å². The molecule has 0 radical (unpaired) electrons. The second kappa shape index (κ2) is 6.24. The third-order valence-electron chi connectivity index (χ3n) is 3.55. The van der Waals surface area contributed by atoms with Crippen molar-refractivity contribution in [1.29, 1.82) is 0 Å². The molecule has 1 aromatic rings. The minimum Gasteiger partial charge on any atom is -0.392 e. The van der Waals surface area contributed by atoms with Crippen LogP contribution in [0, 0.1) is 0 Å². The summed E-state index contributed by atoms with van der Waals surface area (Å²) in [6.07, 6.45) is 0. The molecule has 1 aliphatic rings. The molecule has 0 amide bonds. The summed E-state index contributed by atoms with van der Waals surface area (Å²) in [4.78, 5) is 2.50. The van der Waals surface area contributed by atoms with Crippen molar-refractivity contribution >= 4 is 43.2 Å². The van der Waals surface area contributed by atoms with E-state index in [2.05, 4.69) is 31.1 Å². The van der Waals surface area contributed by atoms with Gasteiger partial charge in [0.1, 0.15) is 0 Å². The molecule has 1 atom stereocenters. The van der Waals surface area contributed by atoms with Gasteiger partial charge in [0.05, 0.1) is 11.0 Å². The zero-order valence-electron chi connectivity index (χ0n) is 11.7. The average molecular weight is 397 g/mol. The van der Waals surface area contributed by atoms with Gasteiger partial charge < -0.3 is 5.73 Å². The zero-order valence-corrected chi connectivity index (χ0v) is 14.9. The van der Waals surface area contributed by atoms with Crippen LogP contribution in [0.4, 0.5) is 0 Å². The number of nitrogens with two attached hydrogens (primary N) is 1. The van der Waals surface area contributed by atoms with Gasteiger partial charge in [0.15, 0.2) is 4.60 Å². The van der Waals surface area contributed by atoms with Crippen LogP contribution in [0.2, 0.25) is 0 Å². The van der Waals surface area contributed by atoms with E-state index in [1.807, 2.05) is 6.92 Å². The highest BCUT2D eigenvalue weighted by Crippen LogP contribution is 2.23. The molecule has 0 aromatic carbocycles. The van der Waals surface area contributed by atoms with Crippen molar-refractivity contribution in [3.05, 3.63) is 4.60 Å². The van der Waals surface area contributed by atoms with Gasteiger partial charge in [-0.3, -0.25) is 4.90 Å². The molecule has 11 heteroatoms. The summed E-state index contributed by atoms with van der Waals surface area (Å²) in [6.45, 7) is 3.86. The number of aromatic nitrogens is 3. The van der Waals surface area contributed by atoms with Crippen molar-refractivity contribution in [2.45, 2.75) is 18.0 Å². The number of thiocarbonyl (C=S) groups is 1. The van der Waals surface area contributed by atoms with E-state index in [4.69, 9.17) is 18.0 Å². The summed E-state index contributed by atoms with van der Waals surface area (Å²) in [6, 6.07) is -0.0324. The van der Waals surface area contributed by atoms with Gasteiger partial charge in [-0.2, -0.15) is 4.31 Å². The molecule has 0 spiro atoms. The first-order valence-electron chi connectivity index (χ1n) is 6.34. The highest BCUT2D eigenvalue weighted by Gasteiger charge is 2.34. The number of hydrogen-bond donors (Lipinski definition) is 1. The third-order valence-corrected chi connectivity index (χ3v) is 6.68. The molecule has 1 aliphatic heterocycles. The standard InChI is InChI=1S/C10H17BrN6O2S2/c1-7(9(12)20)16-3-5-17(6-4-16)21(18,19)10-8(11)13-14-15(10)2/h7H,3-6H2,1-2H3,(H2,12,20). The van der Waals surface area contributed by atoms with E-state index < -0.39 is 10.0 Å². The molecule has 0 aliphatic carbocycles. The molecular formula is C10H17BrN6O2S2. The van der Waals surface area contributed by atoms with Crippen LogP contribution in [-0.2, 0) is 17.1 Å². The molecule has 8 nitrogen and oxygen atoms in total. The predicted octanol–water partition coefficient (Wildman–Crippen LogP) is -0.441. The highest BCUT2D eigenvalue weighted by molar-refractivity contribution is 9.10. The fraction of sp³-hybridized carbons (Fsp3) is 0.700. The Labute approximate surface area is 137 Å². The molecule has 2 heterocycles. The van der Waals surface area contributed by atoms with E-state index in [-0.39, 0.29) is 15.7 Å². The smallest absolute Gasteiger partial charge is 0.263 e. The lowest BCUT2D eigenvalue weighted by molar-refractivity contribution is 0.174. The lowest BCUT2D eigenvalue weighted by Gasteiger charge is -2.36. The van der Waals surface area contributed by atoms with Crippen LogP contribution < -0.4 is 5.73 Å². The van der Waals surface area contributed by atoms with Crippen LogP contribution in [0.15, 0.2) is 9.63 Å². The second-order valence-corrected chi connectivity index (χ2v) is 7.90. The number of halogens is 1. The molecule has 0 bridgehead atoms. The summed E-state index contributed by atoms with van der Waals surface area (Å²) < 4.78 is 28.2. The Morgan fingerprint density at radius 3 is 2.38 bits per heavy atom. The molecule has 2 N–H and O–H groups in total. The average Bonchev–Trinajstić information content (AvgIpc) is 2.78. The Morgan fingerprint density at radius 2 is 1.95 bits per heavy atom. The molecule has 0 saturated carbocycles. The Bertz CT molecular complexity index is 618. The summed E-state index contributed by atoms with van der Waals surface area (Å²) in [5, 5.41) is 7.50. The number of sulfonamides is 1. The van der Waals surface area contributed by atoms with Crippen LogP contribution in [0.25, 0.3) is 0 Å². The maximum absolute atomic E-state index is 12.6. The Morgan fingerprint density at radius 1 is 1.38 bits per heavy atom. The summed E-state index contributed by atoms with van der Waals surface area (Å²) in [5.74, 6) is 0. The van der Waals surface area contributed by atoms with E-state index in [0.29, 0.717) is 31.2 Å². The van der Waals surface area contributed by atoms with E-state index >= 15 is 0 Å². The van der Waals surface area contributed by atoms with Gasteiger partial charge in [0, 0.05) is 33.2 Å². The van der Waals surface area contributed by atoms with Crippen molar-refractivity contribution < 1.29 is 8.42 Å². The largest absolute Gasteiger partial charge is 0.392 e. The van der Waals surface area contributed by atoms with Crippen LogP contribution in [0.1, 0.15) is 6.92 Å². The summed E-state index contributed by atoms with van der Waals surface area (Å²) >= 11 is 8.11. The number of aryl methyl sites for hydroxylation is 1. The molecule has 1 aromatic heterocycles. The van der Waals surface area contributed by atoms with E-state index in [1.54, 1.807) is 7.05 Å². The molecule has 1 saturated heterocycles. The fourth-order valence-electron chi connectivity index (χ4n) is 2.23. The monoisotopic (exact) mass is 396 g/mol. The van der Waals surface area contributed by atoms with Crippen LogP contribution in [0.5, 0.6) is 0 Å². The Kier molecular flexibility index (Phi) is 4.98. The number of piperazine rings is 1. The Balaban J connectivity index is 2.14. The van der Waals surface area contributed by atoms with E-state index in [0.717, 1.165) is 0 Å². The number of hydrogen-bond acceptors (Lipinski definition) is 6. The molecule has 21 heavy (non-hydrogen) atoms. The molecule has 118 valence electrons. The van der Waals surface area contributed by atoms with Crippen LogP contribution >= 0.6 is 28.1 Å². The van der Waals surface area contributed by atoms with E-state index in [9.17, 15) is 8.42 Å². The number of nitrogens with zero attached hydrogens (tertiary/aromatic N) is 5. The first kappa shape index (κ1) is 16.7. The topological polar surface area (TPSA) is 97.3 Å². The molecule has 2 rings (SSSR count). The minimum absolute atomic E-state index is 0.0324. The van der Waals surface area contributed by atoms with E-state index in [1.165, 1.54) is 8.99 Å². The van der Waals surface area contributed by atoms with Crippen LogP contribution in [0.3, 0.4) is 0 Å². The highest BCUT2D eigenvalue weighted by atomic mass is 79.9. The first-order chi connectivity index (χ1) is 9.75. The molecule has 1 fully saturated rings. The normalized spacial score (nSPS) is 19.6. The minimum atomic E-state index is -3.62. The van der Waals surface area contributed by atoms with Crippen LogP contribution in [-0.4, -0.2) is 69.8 Å². The quantitative estimate of drug-likeness (QED) is 0.688. The Hall–Kier alpha value is -0.620. The summed E-state index contributed by atoms with van der Waals surface area (Å²) in [7, 11) is -2.06. The van der Waals surface area contributed by atoms with Crippen molar-refractivity contribution in [2.24, 2.45) is 12.8 Å². The SMILES string of the molecule is CC(C(N)=S)N1CCN(S(=O)(=O)c2c(Br)nnn2C)CC1. The van der Waals surface area contributed by atoms with Gasteiger partial charge in [-0.1, -0.05) is 17.4 Å². The van der Waals surface area contributed by atoms with Gasteiger partial charge in [-0.15, -0.1) is 5.10 Å².